The second kappa shape index (κ2) is 6.89. The highest BCUT2D eigenvalue weighted by Crippen LogP contribution is 2.05. The van der Waals surface area contributed by atoms with Crippen LogP contribution in [0.15, 0.2) is 12.2 Å². The molecule has 1 atom stereocenters. The first-order valence-corrected chi connectivity index (χ1v) is 4.55. The van der Waals surface area contributed by atoms with E-state index in [-0.39, 0.29) is 5.97 Å². The SMILES string of the molecule is CCCC(C)/C=C\C(=O)OCC. The minimum absolute atomic E-state index is 0.236. The van der Waals surface area contributed by atoms with Crippen molar-refractivity contribution in [1.82, 2.24) is 0 Å². The minimum Gasteiger partial charge on any atom is -0.463 e. The Bertz CT molecular complexity index is 150. The van der Waals surface area contributed by atoms with Crippen LogP contribution >= 0.6 is 0 Å². The van der Waals surface area contributed by atoms with Gasteiger partial charge in [-0.2, -0.15) is 0 Å². The minimum atomic E-state index is -0.236. The van der Waals surface area contributed by atoms with Gasteiger partial charge in [0.1, 0.15) is 0 Å². The van der Waals surface area contributed by atoms with E-state index in [0.29, 0.717) is 12.5 Å². The Hall–Kier alpha value is -0.790. The smallest absolute Gasteiger partial charge is 0.330 e. The van der Waals surface area contributed by atoms with E-state index in [1.165, 1.54) is 6.08 Å². The zero-order valence-corrected chi connectivity index (χ0v) is 8.17. The second-order valence-electron chi connectivity index (χ2n) is 2.88. The van der Waals surface area contributed by atoms with Gasteiger partial charge in [0.25, 0.3) is 0 Å². The molecule has 0 saturated heterocycles. The summed E-state index contributed by atoms with van der Waals surface area (Å²) < 4.78 is 4.74. The largest absolute Gasteiger partial charge is 0.463 e. The second-order valence-corrected chi connectivity index (χ2v) is 2.88. The van der Waals surface area contributed by atoms with E-state index in [9.17, 15) is 4.79 Å². The van der Waals surface area contributed by atoms with Crippen molar-refractivity contribution in [3.8, 4) is 0 Å². The maximum absolute atomic E-state index is 10.8. The van der Waals surface area contributed by atoms with E-state index in [4.69, 9.17) is 4.74 Å². The van der Waals surface area contributed by atoms with Crippen LogP contribution in [0.2, 0.25) is 0 Å². The van der Waals surface area contributed by atoms with Crippen LogP contribution in [0.4, 0.5) is 0 Å². The maximum Gasteiger partial charge on any atom is 0.330 e. The van der Waals surface area contributed by atoms with Crippen LogP contribution in [0.1, 0.15) is 33.6 Å². The first-order valence-electron chi connectivity index (χ1n) is 4.55. The van der Waals surface area contributed by atoms with Crippen LogP contribution in [0.25, 0.3) is 0 Å². The molecule has 0 spiro atoms. The molecule has 70 valence electrons. The quantitative estimate of drug-likeness (QED) is 0.468. The molecule has 0 aromatic carbocycles. The fourth-order valence-corrected chi connectivity index (χ4v) is 0.985. The molecule has 0 rings (SSSR count). The number of ether oxygens (including phenoxy) is 1. The molecule has 0 amide bonds. The normalized spacial score (nSPS) is 13.2. The van der Waals surface area contributed by atoms with Crippen LogP contribution in [-0.4, -0.2) is 12.6 Å². The molecule has 0 aliphatic heterocycles. The molecule has 2 nitrogen and oxygen atoms in total. The molecule has 0 aliphatic rings. The van der Waals surface area contributed by atoms with Crippen LogP contribution in [0.5, 0.6) is 0 Å². The summed E-state index contributed by atoms with van der Waals surface area (Å²) in [6.07, 6.45) is 5.69. The zero-order valence-electron chi connectivity index (χ0n) is 8.17. The molecule has 0 aliphatic carbocycles. The summed E-state index contributed by atoms with van der Waals surface area (Å²) >= 11 is 0. The van der Waals surface area contributed by atoms with Crippen LogP contribution in [-0.2, 0) is 9.53 Å². The fourth-order valence-electron chi connectivity index (χ4n) is 0.985. The molecular weight excluding hydrogens is 152 g/mol. The Kier molecular flexibility index (Phi) is 6.44. The molecule has 0 heterocycles. The number of carbonyl (C=O) groups excluding carboxylic acids is 1. The predicted molar refractivity (Wildman–Crippen MR) is 49.8 cm³/mol. The highest BCUT2D eigenvalue weighted by Gasteiger charge is 1.97. The Morgan fingerprint density at radius 2 is 2.17 bits per heavy atom. The molecule has 0 aromatic heterocycles. The Labute approximate surface area is 74.6 Å². The third-order valence-corrected chi connectivity index (χ3v) is 1.59. The lowest BCUT2D eigenvalue weighted by atomic mass is 10.1. The Balaban J connectivity index is 3.65. The summed E-state index contributed by atoms with van der Waals surface area (Å²) in [5, 5.41) is 0. The lowest BCUT2D eigenvalue weighted by Gasteiger charge is -2.01. The average molecular weight is 170 g/mol. The number of rotatable bonds is 5. The van der Waals surface area contributed by atoms with E-state index >= 15 is 0 Å². The van der Waals surface area contributed by atoms with Crippen molar-refractivity contribution in [2.24, 2.45) is 5.92 Å². The molecule has 0 N–H and O–H groups in total. The molecule has 0 aromatic rings. The molecule has 0 radical (unpaired) electrons. The van der Waals surface area contributed by atoms with Crippen molar-refractivity contribution in [2.45, 2.75) is 33.6 Å². The lowest BCUT2D eigenvalue weighted by molar-refractivity contribution is -0.137. The summed E-state index contributed by atoms with van der Waals surface area (Å²) in [5.74, 6) is 0.236. The summed E-state index contributed by atoms with van der Waals surface area (Å²) in [6.45, 7) is 6.49. The highest BCUT2D eigenvalue weighted by atomic mass is 16.5. The molecular formula is C10H18O2. The van der Waals surface area contributed by atoms with Gasteiger partial charge in [0.2, 0.25) is 0 Å². The van der Waals surface area contributed by atoms with Crippen molar-refractivity contribution in [1.29, 1.82) is 0 Å². The zero-order chi connectivity index (χ0) is 9.40. The first-order chi connectivity index (χ1) is 5.70. The molecule has 12 heavy (non-hydrogen) atoms. The van der Waals surface area contributed by atoms with Crippen molar-refractivity contribution in [3.05, 3.63) is 12.2 Å². The van der Waals surface area contributed by atoms with Gasteiger partial charge in [-0.1, -0.05) is 26.3 Å². The summed E-state index contributed by atoms with van der Waals surface area (Å²) in [5.41, 5.74) is 0. The van der Waals surface area contributed by atoms with Gasteiger partial charge in [0.05, 0.1) is 6.61 Å². The molecule has 2 heteroatoms. The van der Waals surface area contributed by atoms with Crippen molar-refractivity contribution in [3.63, 3.8) is 0 Å². The van der Waals surface area contributed by atoms with Crippen LogP contribution in [0.3, 0.4) is 0 Å². The summed E-state index contributed by atoms with van der Waals surface area (Å²) in [7, 11) is 0. The predicted octanol–water partition coefficient (Wildman–Crippen LogP) is 2.54. The average Bonchev–Trinajstić information content (AvgIpc) is 2.02. The maximum atomic E-state index is 10.8. The Morgan fingerprint density at radius 1 is 1.50 bits per heavy atom. The van der Waals surface area contributed by atoms with E-state index in [2.05, 4.69) is 13.8 Å². The van der Waals surface area contributed by atoms with Gasteiger partial charge in [-0.05, 0) is 19.3 Å². The molecule has 1 unspecified atom stereocenters. The van der Waals surface area contributed by atoms with E-state index in [0.717, 1.165) is 12.8 Å². The molecule has 0 bridgehead atoms. The van der Waals surface area contributed by atoms with E-state index in [1.54, 1.807) is 6.92 Å². The van der Waals surface area contributed by atoms with Gasteiger partial charge < -0.3 is 4.74 Å². The van der Waals surface area contributed by atoms with E-state index < -0.39 is 0 Å². The molecule has 0 saturated carbocycles. The van der Waals surface area contributed by atoms with Gasteiger partial charge >= 0.3 is 5.97 Å². The number of allylic oxidation sites excluding steroid dienone is 1. The van der Waals surface area contributed by atoms with Gasteiger partial charge in [0, 0.05) is 6.08 Å². The van der Waals surface area contributed by atoms with Crippen molar-refractivity contribution >= 4 is 5.97 Å². The third kappa shape index (κ3) is 5.96. The first kappa shape index (κ1) is 11.2. The van der Waals surface area contributed by atoms with E-state index in [1.807, 2.05) is 6.08 Å². The van der Waals surface area contributed by atoms with Crippen LogP contribution < -0.4 is 0 Å². The van der Waals surface area contributed by atoms with Gasteiger partial charge in [-0.15, -0.1) is 0 Å². The number of hydrogen-bond acceptors (Lipinski definition) is 2. The van der Waals surface area contributed by atoms with Gasteiger partial charge in [0.15, 0.2) is 0 Å². The highest BCUT2D eigenvalue weighted by molar-refractivity contribution is 5.81. The molecule has 0 fully saturated rings. The number of hydrogen-bond donors (Lipinski definition) is 0. The standard InChI is InChI=1S/C10H18O2/c1-4-6-9(3)7-8-10(11)12-5-2/h7-9H,4-6H2,1-3H3/b8-7-. The number of esters is 1. The lowest BCUT2D eigenvalue weighted by Crippen LogP contribution is -2.00. The van der Waals surface area contributed by atoms with Crippen molar-refractivity contribution < 1.29 is 9.53 Å². The summed E-state index contributed by atoms with van der Waals surface area (Å²) in [4.78, 5) is 10.8. The topological polar surface area (TPSA) is 26.3 Å². The monoisotopic (exact) mass is 170 g/mol. The number of carbonyl (C=O) groups is 1. The van der Waals surface area contributed by atoms with Crippen molar-refractivity contribution in [2.75, 3.05) is 6.61 Å². The van der Waals surface area contributed by atoms with Gasteiger partial charge in [-0.3, -0.25) is 0 Å². The van der Waals surface area contributed by atoms with Gasteiger partial charge in [-0.25, -0.2) is 4.79 Å². The summed E-state index contributed by atoms with van der Waals surface area (Å²) in [6, 6.07) is 0. The fraction of sp³-hybridized carbons (Fsp3) is 0.700. The third-order valence-electron chi connectivity index (χ3n) is 1.59. The Morgan fingerprint density at radius 3 is 2.67 bits per heavy atom. The van der Waals surface area contributed by atoms with Crippen LogP contribution in [0, 0.1) is 5.92 Å².